The van der Waals surface area contributed by atoms with Crippen molar-refractivity contribution < 1.29 is 0 Å². The number of halogens is 3. The minimum absolute atomic E-state index is 0.185. The second-order valence-electron chi connectivity index (χ2n) is 7.58. The molecule has 1 saturated heterocycles. The normalized spacial score (nSPS) is 17.5. The average molecular weight is 446 g/mol. The van der Waals surface area contributed by atoms with Crippen molar-refractivity contribution in [1.82, 2.24) is 4.90 Å². The first-order valence-corrected chi connectivity index (χ1v) is 10.9. The average Bonchev–Trinajstić information content (AvgIpc) is 2.71. The summed E-state index contributed by atoms with van der Waals surface area (Å²) in [6.07, 6.45) is 0. The molecule has 3 aromatic rings. The summed E-state index contributed by atoms with van der Waals surface area (Å²) in [6, 6.07) is 22.8. The second-order valence-corrected chi connectivity index (χ2v) is 8.86. The van der Waals surface area contributed by atoms with Crippen LogP contribution in [0.1, 0.15) is 22.7 Å². The fraction of sp³-hybridized carbons (Fsp3) is 0.250. The summed E-state index contributed by atoms with van der Waals surface area (Å²) in [7, 11) is 0. The van der Waals surface area contributed by atoms with Crippen LogP contribution in [-0.4, -0.2) is 24.5 Å². The van der Waals surface area contributed by atoms with E-state index in [2.05, 4.69) is 53.1 Å². The molecule has 0 spiro atoms. The third kappa shape index (κ3) is 4.90. The van der Waals surface area contributed by atoms with E-state index < -0.39 is 0 Å². The second kappa shape index (κ2) is 8.97. The van der Waals surface area contributed by atoms with Gasteiger partial charge in [-0.15, -0.1) is 0 Å². The van der Waals surface area contributed by atoms with Gasteiger partial charge in [-0.2, -0.15) is 0 Å². The summed E-state index contributed by atoms with van der Waals surface area (Å²) in [4.78, 5) is 4.89. The zero-order chi connectivity index (χ0) is 20.4. The van der Waals surface area contributed by atoms with E-state index in [0.717, 1.165) is 36.9 Å². The Morgan fingerprint density at radius 2 is 1.52 bits per heavy atom. The van der Waals surface area contributed by atoms with Gasteiger partial charge < -0.3 is 4.90 Å². The van der Waals surface area contributed by atoms with E-state index in [1.165, 1.54) is 16.7 Å². The third-order valence-corrected chi connectivity index (χ3v) is 6.26. The first-order chi connectivity index (χ1) is 14.0. The molecule has 2 nitrogen and oxygen atoms in total. The number of hydrogen-bond donors (Lipinski definition) is 0. The number of hydrogen-bond acceptors (Lipinski definition) is 2. The van der Waals surface area contributed by atoms with Gasteiger partial charge in [0.2, 0.25) is 0 Å². The highest BCUT2D eigenvalue weighted by molar-refractivity contribution is 6.36. The van der Waals surface area contributed by atoms with Gasteiger partial charge >= 0.3 is 0 Å². The highest BCUT2D eigenvalue weighted by Crippen LogP contribution is 2.37. The Morgan fingerprint density at radius 3 is 2.21 bits per heavy atom. The van der Waals surface area contributed by atoms with E-state index in [1.54, 1.807) is 0 Å². The molecule has 0 amide bonds. The highest BCUT2D eigenvalue weighted by Gasteiger charge is 2.29. The molecular weight excluding hydrogens is 423 g/mol. The molecule has 3 aromatic carbocycles. The molecule has 0 saturated carbocycles. The molecule has 1 aliphatic heterocycles. The number of anilines is 1. The molecule has 29 heavy (non-hydrogen) atoms. The lowest BCUT2D eigenvalue weighted by Crippen LogP contribution is -2.48. The van der Waals surface area contributed by atoms with Crippen molar-refractivity contribution in [3.05, 3.63) is 98.5 Å². The van der Waals surface area contributed by atoms with Crippen molar-refractivity contribution in [1.29, 1.82) is 0 Å². The van der Waals surface area contributed by atoms with Crippen LogP contribution in [0.4, 0.5) is 5.69 Å². The largest absolute Gasteiger partial charge is 0.361 e. The Bertz CT molecular complexity index is 970. The standard InChI is InChI=1S/C24H23Cl3N2/c1-17-2-4-18(5-3-17)15-28-12-13-29(23-11-10-21(26)14-22(23)27)24(16-28)19-6-8-20(25)9-7-19/h2-11,14,24H,12-13,15-16H2,1H3. The molecule has 0 bridgehead atoms. The van der Waals surface area contributed by atoms with Gasteiger partial charge in [0, 0.05) is 36.2 Å². The van der Waals surface area contributed by atoms with Gasteiger partial charge in [-0.1, -0.05) is 76.8 Å². The summed E-state index contributed by atoms with van der Waals surface area (Å²) >= 11 is 18.8. The topological polar surface area (TPSA) is 6.48 Å². The van der Waals surface area contributed by atoms with E-state index in [-0.39, 0.29) is 6.04 Å². The molecule has 1 atom stereocenters. The van der Waals surface area contributed by atoms with Crippen molar-refractivity contribution >= 4 is 40.5 Å². The lowest BCUT2D eigenvalue weighted by atomic mass is 10.0. The smallest absolute Gasteiger partial charge is 0.0670 e. The molecule has 1 unspecified atom stereocenters. The van der Waals surface area contributed by atoms with Crippen LogP contribution in [0.2, 0.25) is 15.1 Å². The summed E-state index contributed by atoms with van der Waals surface area (Å²) in [5.74, 6) is 0. The number of piperazine rings is 1. The molecule has 0 aliphatic carbocycles. The Morgan fingerprint density at radius 1 is 0.828 bits per heavy atom. The van der Waals surface area contributed by atoms with Crippen LogP contribution in [0, 0.1) is 6.92 Å². The minimum atomic E-state index is 0.185. The van der Waals surface area contributed by atoms with Gasteiger partial charge in [0.15, 0.2) is 0 Å². The van der Waals surface area contributed by atoms with E-state index in [1.807, 2.05) is 30.3 Å². The van der Waals surface area contributed by atoms with Gasteiger partial charge in [0.25, 0.3) is 0 Å². The van der Waals surface area contributed by atoms with Crippen LogP contribution < -0.4 is 4.90 Å². The Balaban J connectivity index is 1.62. The van der Waals surface area contributed by atoms with Crippen LogP contribution >= 0.6 is 34.8 Å². The molecule has 150 valence electrons. The Labute approximate surface area is 187 Å². The Hall–Kier alpha value is -1.71. The van der Waals surface area contributed by atoms with E-state index >= 15 is 0 Å². The molecule has 1 heterocycles. The number of rotatable bonds is 4. The van der Waals surface area contributed by atoms with Crippen LogP contribution in [0.15, 0.2) is 66.7 Å². The maximum Gasteiger partial charge on any atom is 0.0670 e. The quantitative estimate of drug-likeness (QED) is 0.426. The molecule has 0 N–H and O–H groups in total. The van der Waals surface area contributed by atoms with Gasteiger partial charge in [0.1, 0.15) is 0 Å². The van der Waals surface area contributed by atoms with E-state index in [9.17, 15) is 0 Å². The van der Waals surface area contributed by atoms with Crippen LogP contribution in [0.5, 0.6) is 0 Å². The van der Waals surface area contributed by atoms with Gasteiger partial charge in [0.05, 0.1) is 16.8 Å². The van der Waals surface area contributed by atoms with Crippen molar-refractivity contribution in [2.45, 2.75) is 19.5 Å². The molecule has 5 heteroatoms. The molecule has 4 rings (SSSR count). The Kier molecular flexibility index (Phi) is 6.36. The molecule has 1 fully saturated rings. The summed E-state index contributed by atoms with van der Waals surface area (Å²) < 4.78 is 0. The number of nitrogens with zero attached hydrogens (tertiary/aromatic N) is 2. The van der Waals surface area contributed by atoms with Crippen molar-refractivity contribution in [2.75, 3.05) is 24.5 Å². The van der Waals surface area contributed by atoms with Crippen molar-refractivity contribution in [3.63, 3.8) is 0 Å². The van der Waals surface area contributed by atoms with Crippen molar-refractivity contribution in [2.24, 2.45) is 0 Å². The van der Waals surface area contributed by atoms with Gasteiger partial charge in [-0.25, -0.2) is 0 Å². The molecular formula is C24H23Cl3N2. The molecule has 0 radical (unpaired) electrons. The minimum Gasteiger partial charge on any atom is -0.361 e. The predicted molar refractivity (Wildman–Crippen MR) is 124 cm³/mol. The number of benzene rings is 3. The lowest BCUT2D eigenvalue weighted by molar-refractivity contribution is 0.215. The van der Waals surface area contributed by atoms with Crippen LogP contribution in [0.3, 0.4) is 0 Å². The predicted octanol–water partition coefficient (Wildman–Crippen LogP) is 7.02. The lowest BCUT2D eigenvalue weighted by Gasteiger charge is -2.43. The number of aryl methyl sites for hydroxylation is 1. The summed E-state index contributed by atoms with van der Waals surface area (Å²) in [6.45, 7) is 5.83. The van der Waals surface area contributed by atoms with E-state index in [0.29, 0.717) is 10.0 Å². The summed E-state index contributed by atoms with van der Waals surface area (Å²) in [5, 5.41) is 2.08. The molecule has 0 aromatic heterocycles. The first-order valence-electron chi connectivity index (χ1n) is 9.74. The highest BCUT2D eigenvalue weighted by atomic mass is 35.5. The van der Waals surface area contributed by atoms with Crippen LogP contribution in [0.25, 0.3) is 0 Å². The third-order valence-electron chi connectivity index (χ3n) is 5.47. The monoisotopic (exact) mass is 444 g/mol. The maximum atomic E-state index is 6.56. The maximum absolute atomic E-state index is 6.56. The molecule has 1 aliphatic rings. The van der Waals surface area contributed by atoms with E-state index in [4.69, 9.17) is 34.8 Å². The SMILES string of the molecule is Cc1ccc(CN2CCN(c3ccc(Cl)cc3Cl)C(c3ccc(Cl)cc3)C2)cc1. The fourth-order valence-electron chi connectivity index (χ4n) is 3.91. The van der Waals surface area contributed by atoms with Gasteiger partial charge in [-0.05, 0) is 48.4 Å². The fourth-order valence-corrected chi connectivity index (χ4v) is 4.55. The van der Waals surface area contributed by atoms with Crippen molar-refractivity contribution in [3.8, 4) is 0 Å². The first kappa shape index (κ1) is 20.6. The zero-order valence-electron chi connectivity index (χ0n) is 16.3. The van der Waals surface area contributed by atoms with Crippen LogP contribution in [-0.2, 0) is 6.54 Å². The zero-order valence-corrected chi connectivity index (χ0v) is 18.6. The van der Waals surface area contributed by atoms with Gasteiger partial charge in [-0.3, -0.25) is 4.90 Å². The summed E-state index contributed by atoms with van der Waals surface area (Å²) in [5.41, 5.74) is 4.87.